The van der Waals surface area contributed by atoms with Crippen molar-refractivity contribution in [3.8, 4) is 5.75 Å². The predicted molar refractivity (Wildman–Crippen MR) is 86.0 cm³/mol. The summed E-state index contributed by atoms with van der Waals surface area (Å²) in [5, 5.41) is 11.2. The third-order valence-corrected chi connectivity index (χ3v) is 3.94. The Balaban J connectivity index is 1.52. The molecule has 0 amide bonds. The molecule has 1 aromatic carbocycles. The zero-order valence-corrected chi connectivity index (χ0v) is 12.8. The molecule has 0 aliphatic heterocycles. The molecule has 1 saturated carbocycles. The monoisotopic (exact) mass is 312 g/mol. The normalized spacial score (nSPS) is 14.2. The van der Waals surface area contributed by atoms with Crippen molar-refractivity contribution in [3.63, 3.8) is 0 Å². The summed E-state index contributed by atoms with van der Waals surface area (Å²) in [6.45, 7) is 2.32. The fourth-order valence-corrected chi connectivity index (χ4v) is 2.46. The van der Waals surface area contributed by atoms with E-state index in [4.69, 9.17) is 4.74 Å². The van der Waals surface area contributed by atoms with Crippen molar-refractivity contribution in [2.75, 3.05) is 5.32 Å². The summed E-state index contributed by atoms with van der Waals surface area (Å²) in [5.74, 6) is 0.0477. The first-order valence-electron chi connectivity index (χ1n) is 7.69. The Morgan fingerprint density at radius 2 is 2.26 bits per heavy atom. The lowest BCUT2D eigenvalue weighted by molar-refractivity contribution is 0.286. The maximum absolute atomic E-state index is 14.4. The van der Waals surface area contributed by atoms with Crippen LogP contribution in [-0.2, 0) is 6.54 Å². The number of benzene rings is 1. The average Bonchev–Trinajstić information content (AvgIpc) is 3.31. The van der Waals surface area contributed by atoms with Gasteiger partial charge in [-0.15, -0.1) is 0 Å². The number of hydrogen-bond donors (Lipinski definition) is 2. The van der Waals surface area contributed by atoms with Gasteiger partial charge in [0.25, 0.3) is 0 Å². The first kappa shape index (κ1) is 14.0. The van der Waals surface area contributed by atoms with E-state index in [9.17, 15) is 4.39 Å². The van der Waals surface area contributed by atoms with E-state index in [1.807, 2.05) is 19.1 Å². The van der Waals surface area contributed by atoms with E-state index in [2.05, 4.69) is 20.5 Å². The van der Waals surface area contributed by atoms with Gasteiger partial charge in [-0.05, 0) is 31.9 Å². The Kier molecular flexibility index (Phi) is 3.37. The molecule has 5 nitrogen and oxygen atoms in total. The van der Waals surface area contributed by atoms with E-state index in [-0.39, 0.29) is 11.9 Å². The summed E-state index contributed by atoms with van der Waals surface area (Å²) < 4.78 is 20.0. The second-order valence-corrected chi connectivity index (χ2v) is 5.84. The van der Waals surface area contributed by atoms with Gasteiger partial charge in [0, 0.05) is 23.2 Å². The summed E-state index contributed by atoms with van der Waals surface area (Å²) in [6.07, 6.45) is 3.91. The number of halogens is 1. The van der Waals surface area contributed by atoms with Gasteiger partial charge in [0.15, 0.2) is 17.2 Å². The molecule has 2 heterocycles. The van der Waals surface area contributed by atoms with Crippen LogP contribution in [-0.4, -0.2) is 21.3 Å². The Labute approximate surface area is 132 Å². The highest BCUT2D eigenvalue weighted by molar-refractivity contribution is 5.80. The van der Waals surface area contributed by atoms with Gasteiger partial charge >= 0.3 is 0 Å². The molecule has 0 atom stereocenters. The summed E-state index contributed by atoms with van der Waals surface area (Å²) in [4.78, 5) is 4.28. The molecule has 1 fully saturated rings. The lowest BCUT2D eigenvalue weighted by Crippen LogP contribution is -2.05. The molecular weight excluding hydrogens is 295 g/mol. The standard InChI is InChI=1S/C17H17FN4O/c1-10-14-7-12(9-20-17(14)22-21-10)19-8-11-3-2-4-15(16(11)18)23-13-5-6-13/h2-4,7,9,13,19H,5-6,8H2,1H3,(H,20,21,22). The molecule has 4 rings (SSSR count). The SMILES string of the molecule is Cc1[nH]nc2ncc(NCc3cccc(OC4CC4)c3F)cc12. The molecule has 0 bridgehead atoms. The molecule has 0 radical (unpaired) electrons. The molecule has 0 spiro atoms. The van der Waals surface area contributed by atoms with Crippen LogP contribution in [0.1, 0.15) is 24.1 Å². The molecule has 0 unspecified atom stereocenters. The van der Waals surface area contributed by atoms with Gasteiger partial charge in [0.05, 0.1) is 18.0 Å². The number of aryl methyl sites for hydroxylation is 1. The van der Waals surface area contributed by atoms with Crippen molar-refractivity contribution in [3.05, 3.63) is 47.5 Å². The van der Waals surface area contributed by atoms with Crippen LogP contribution in [0.15, 0.2) is 30.5 Å². The number of nitrogens with one attached hydrogen (secondary N) is 2. The van der Waals surface area contributed by atoms with E-state index >= 15 is 0 Å². The number of anilines is 1. The Morgan fingerprint density at radius 1 is 1.39 bits per heavy atom. The molecule has 1 aliphatic rings. The predicted octanol–water partition coefficient (Wildman–Crippen LogP) is 3.56. The van der Waals surface area contributed by atoms with Gasteiger partial charge < -0.3 is 10.1 Å². The molecule has 3 aromatic rings. The number of hydrogen-bond acceptors (Lipinski definition) is 4. The van der Waals surface area contributed by atoms with Crippen LogP contribution in [0.3, 0.4) is 0 Å². The molecule has 0 saturated heterocycles. The first-order valence-corrected chi connectivity index (χ1v) is 7.69. The Hall–Kier alpha value is -2.63. The molecule has 2 N–H and O–H groups in total. The number of rotatable bonds is 5. The van der Waals surface area contributed by atoms with E-state index in [0.29, 0.717) is 23.5 Å². The van der Waals surface area contributed by atoms with Gasteiger partial charge in [0.1, 0.15) is 0 Å². The van der Waals surface area contributed by atoms with Gasteiger partial charge in [-0.2, -0.15) is 5.10 Å². The number of ether oxygens (including phenoxy) is 1. The van der Waals surface area contributed by atoms with Crippen LogP contribution >= 0.6 is 0 Å². The van der Waals surface area contributed by atoms with Crippen LogP contribution in [0.5, 0.6) is 5.75 Å². The van der Waals surface area contributed by atoms with E-state index in [1.165, 1.54) is 0 Å². The average molecular weight is 312 g/mol. The van der Waals surface area contributed by atoms with Crippen LogP contribution in [0.4, 0.5) is 10.1 Å². The number of nitrogens with zero attached hydrogens (tertiary/aromatic N) is 2. The van der Waals surface area contributed by atoms with Crippen LogP contribution < -0.4 is 10.1 Å². The molecule has 1 aliphatic carbocycles. The van der Waals surface area contributed by atoms with Crippen LogP contribution in [0, 0.1) is 12.7 Å². The van der Waals surface area contributed by atoms with Crippen molar-refractivity contribution < 1.29 is 9.13 Å². The Bertz CT molecular complexity index is 857. The summed E-state index contributed by atoms with van der Waals surface area (Å²) >= 11 is 0. The lowest BCUT2D eigenvalue weighted by atomic mass is 10.2. The zero-order chi connectivity index (χ0) is 15.8. The Morgan fingerprint density at radius 3 is 3.09 bits per heavy atom. The maximum Gasteiger partial charge on any atom is 0.181 e. The summed E-state index contributed by atoms with van der Waals surface area (Å²) in [7, 11) is 0. The van der Waals surface area contributed by atoms with Crippen molar-refractivity contribution in [2.45, 2.75) is 32.4 Å². The maximum atomic E-state index is 14.4. The molecular formula is C17H17FN4O. The topological polar surface area (TPSA) is 62.8 Å². The van der Waals surface area contributed by atoms with Gasteiger partial charge in [-0.1, -0.05) is 12.1 Å². The van der Waals surface area contributed by atoms with Crippen molar-refractivity contribution >= 4 is 16.7 Å². The highest BCUT2D eigenvalue weighted by Gasteiger charge is 2.25. The number of pyridine rings is 1. The second-order valence-electron chi connectivity index (χ2n) is 5.84. The number of aromatic amines is 1. The highest BCUT2D eigenvalue weighted by atomic mass is 19.1. The van der Waals surface area contributed by atoms with Crippen molar-refractivity contribution in [1.82, 2.24) is 15.2 Å². The minimum Gasteiger partial charge on any atom is -0.487 e. The fourth-order valence-electron chi connectivity index (χ4n) is 2.46. The number of aromatic nitrogens is 3. The quantitative estimate of drug-likeness (QED) is 0.756. The van der Waals surface area contributed by atoms with Gasteiger partial charge in [-0.25, -0.2) is 9.37 Å². The fraction of sp³-hybridized carbons (Fsp3) is 0.294. The van der Waals surface area contributed by atoms with Crippen LogP contribution in [0.25, 0.3) is 11.0 Å². The van der Waals surface area contributed by atoms with Crippen LogP contribution in [0.2, 0.25) is 0 Å². The summed E-state index contributed by atoms with van der Waals surface area (Å²) in [5.41, 5.74) is 3.04. The lowest BCUT2D eigenvalue weighted by Gasteiger charge is -2.11. The van der Waals surface area contributed by atoms with E-state index in [1.54, 1.807) is 18.3 Å². The number of fused-ring (bicyclic) bond motifs is 1. The smallest absolute Gasteiger partial charge is 0.181 e. The molecule has 2 aromatic heterocycles. The zero-order valence-electron chi connectivity index (χ0n) is 12.8. The highest BCUT2D eigenvalue weighted by Crippen LogP contribution is 2.30. The molecule has 23 heavy (non-hydrogen) atoms. The molecule has 118 valence electrons. The van der Waals surface area contributed by atoms with Gasteiger partial charge in [0.2, 0.25) is 0 Å². The second kappa shape index (κ2) is 5.53. The minimum atomic E-state index is -0.291. The summed E-state index contributed by atoms with van der Waals surface area (Å²) in [6, 6.07) is 7.22. The largest absolute Gasteiger partial charge is 0.487 e. The minimum absolute atomic E-state index is 0.184. The van der Waals surface area contributed by atoms with Gasteiger partial charge in [-0.3, -0.25) is 5.10 Å². The molecule has 6 heteroatoms. The van der Waals surface area contributed by atoms with E-state index in [0.717, 1.165) is 29.6 Å². The van der Waals surface area contributed by atoms with Crippen molar-refractivity contribution in [1.29, 1.82) is 0 Å². The van der Waals surface area contributed by atoms with Crippen molar-refractivity contribution in [2.24, 2.45) is 0 Å². The van der Waals surface area contributed by atoms with E-state index < -0.39 is 0 Å². The third kappa shape index (κ3) is 2.84. The number of H-pyrrole nitrogens is 1. The first-order chi connectivity index (χ1) is 11.2. The third-order valence-electron chi connectivity index (χ3n) is 3.94.